The van der Waals surface area contributed by atoms with Crippen LogP contribution < -0.4 is 4.74 Å². The van der Waals surface area contributed by atoms with Crippen molar-refractivity contribution in [3.05, 3.63) is 50.5 Å². The number of ether oxygens (including phenoxy) is 1. The van der Waals surface area contributed by atoms with E-state index in [1.165, 1.54) is 31.1 Å². The van der Waals surface area contributed by atoms with Gasteiger partial charge in [-0.25, -0.2) is 0 Å². The van der Waals surface area contributed by atoms with Gasteiger partial charge in [0, 0.05) is 22.5 Å². The predicted molar refractivity (Wildman–Crippen MR) is 98.3 cm³/mol. The minimum Gasteiger partial charge on any atom is -0.496 e. The molecule has 0 atom stereocenters. The zero-order valence-corrected chi connectivity index (χ0v) is 16.4. The van der Waals surface area contributed by atoms with Crippen LogP contribution in [0.1, 0.15) is 31.1 Å². The van der Waals surface area contributed by atoms with Crippen LogP contribution in [0.5, 0.6) is 5.75 Å². The summed E-state index contributed by atoms with van der Waals surface area (Å²) < 4.78 is 45.5. The zero-order chi connectivity index (χ0) is 19.6. The highest BCUT2D eigenvalue weighted by Gasteiger charge is 2.44. The molecule has 0 N–H and O–H groups in total. The number of methoxy groups -OCH3 is 1. The summed E-state index contributed by atoms with van der Waals surface area (Å²) in [6, 6.07) is 4.57. The summed E-state index contributed by atoms with van der Waals surface area (Å²) in [5, 5.41) is 0.589. The van der Waals surface area contributed by atoms with E-state index in [9.17, 15) is 18.0 Å². The molecule has 1 aromatic carbocycles. The van der Waals surface area contributed by atoms with Gasteiger partial charge in [-0.3, -0.25) is 4.79 Å². The molecule has 0 bridgehead atoms. The molecule has 1 aliphatic heterocycles. The summed E-state index contributed by atoms with van der Waals surface area (Å²) >= 11 is 6.88. The Morgan fingerprint density at radius 3 is 2.58 bits per heavy atom. The molecule has 8 heteroatoms. The van der Waals surface area contributed by atoms with E-state index in [0.29, 0.717) is 10.8 Å². The molecule has 26 heavy (non-hydrogen) atoms. The van der Waals surface area contributed by atoms with Gasteiger partial charge in [0.2, 0.25) is 0 Å². The fraction of sp³-hybridized carbons (Fsp3) is 0.389. The first-order chi connectivity index (χ1) is 12.0. The van der Waals surface area contributed by atoms with E-state index in [1.807, 2.05) is 13.8 Å². The molecular formula is C18H19ClF3NO2S. The van der Waals surface area contributed by atoms with Crippen LogP contribution in [0.3, 0.4) is 0 Å². The number of carbonyl (C=O) groups is 1. The van der Waals surface area contributed by atoms with Crippen molar-refractivity contribution in [1.82, 2.24) is 4.90 Å². The molecule has 0 amide bonds. The van der Waals surface area contributed by atoms with Crippen LogP contribution in [-0.2, 0) is 0 Å². The summed E-state index contributed by atoms with van der Waals surface area (Å²) in [5.74, 6) is -0.162. The van der Waals surface area contributed by atoms with Crippen LogP contribution in [0.25, 0.3) is 0 Å². The van der Waals surface area contributed by atoms with Crippen molar-refractivity contribution in [3.8, 4) is 5.75 Å². The molecule has 1 aromatic rings. The van der Waals surface area contributed by atoms with Crippen molar-refractivity contribution < 1.29 is 22.7 Å². The van der Waals surface area contributed by atoms with E-state index in [1.54, 1.807) is 12.1 Å². The van der Waals surface area contributed by atoms with Gasteiger partial charge in [0.05, 0.1) is 17.7 Å². The maximum absolute atomic E-state index is 13.5. The normalized spacial score (nSPS) is 16.8. The molecule has 0 spiro atoms. The third kappa shape index (κ3) is 4.57. The van der Waals surface area contributed by atoms with Gasteiger partial charge in [-0.2, -0.15) is 13.2 Å². The van der Waals surface area contributed by atoms with Crippen LogP contribution in [0.4, 0.5) is 13.2 Å². The van der Waals surface area contributed by atoms with E-state index >= 15 is 0 Å². The predicted octanol–water partition coefficient (Wildman–Crippen LogP) is 5.87. The Hall–Kier alpha value is -1.60. The largest absolute Gasteiger partial charge is 0.496 e. The molecule has 0 radical (unpaired) electrons. The van der Waals surface area contributed by atoms with Gasteiger partial charge in [-0.15, -0.1) is 0 Å². The van der Waals surface area contributed by atoms with Crippen molar-refractivity contribution in [2.75, 3.05) is 13.7 Å². The fourth-order valence-electron chi connectivity index (χ4n) is 2.63. The van der Waals surface area contributed by atoms with Crippen LogP contribution in [0, 0.1) is 5.92 Å². The number of hydrogen-bond donors (Lipinski definition) is 0. The lowest BCUT2D eigenvalue weighted by atomic mass is 10.1. The number of alkyl halides is 3. The smallest absolute Gasteiger partial charge is 0.432 e. The van der Waals surface area contributed by atoms with Gasteiger partial charge in [0.15, 0.2) is 5.78 Å². The van der Waals surface area contributed by atoms with Crippen molar-refractivity contribution in [2.24, 2.45) is 5.92 Å². The van der Waals surface area contributed by atoms with E-state index in [4.69, 9.17) is 16.3 Å². The minimum absolute atomic E-state index is 0.0157. The summed E-state index contributed by atoms with van der Waals surface area (Å²) in [6.07, 6.45) is -3.28. The molecule has 0 aromatic heterocycles. The van der Waals surface area contributed by atoms with Crippen LogP contribution in [0.15, 0.2) is 39.9 Å². The standard InChI is InChI=1S/C18H19ClF3NO2S/c1-10(2)9-23-16(26-11(3)17(23)18(20,21)22)8-14(24)13-7-12(19)5-6-15(13)25-4/h5-8,10H,9H2,1-4H3/b16-8-. The van der Waals surface area contributed by atoms with Crippen molar-refractivity contribution in [1.29, 1.82) is 0 Å². The molecule has 0 saturated heterocycles. The van der Waals surface area contributed by atoms with Crippen molar-refractivity contribution in [3.63, 3.8) is 0 Å². The molecule has 3 nitrogen and oxygen atoms in total. The van der Waals surface area contributed by atoms with Crippen LogP contribution in [-0.4, -0.2) is 30.5 Å². The second kappa shape index (κ2) is 7.96. The average molecular weight is 406 g/mol. The van der Waals surface area contributed by atoms with Crippen molar-refractivity contribution >= 4 is 29.1 Å². The number of nitrogens with zero attached hydrogens (tertiary/aromatic N) is 1. The average Bonchev–Trinajstić information content (AvgIpc) is 2.81. The molecule has 0 unspecified atom stereocenters. The summed E-state index contributed by atoms with van der Waals surface area (Å²) in [7, 11) is 1.41. The molecule has 1 heterocycles. The highest BCUT2D eigenvalue weighted by molar-refractivity contribution is 8.06. The first-order valence-electron chi connectivity index (χ1n) is 7.87. The molecule has 0 fully saturated rings. The maximum atomic E-state index is 13.5. The number of ketones is 1. The number of halogens is 4. The van der Waals surface area contributed by atoms with E-state index in [0.717, 1.165) is 11.8 Å². The second-order valence-corrected chi connectivity index (χ2v) is 7.87. The van der Waals surface area contributed by atoms with E-state index in [-0.39, 0.29) is 28.0 Å². The SMILES string of the molecule is COc1ccc(Cl)cc1C(=O)/C=C1\SC(C)=C(C(F)(F)F)N1CC(C)C. The first kappa shape index (κ1) is 20.7. The molecule has 142 valence electrons. The van der Waals surface area contributed by atoms with Gasteiger partial charge in [-0.1, -0.05) is 37.2 Å². The highest BCUT2D eigenvalue weighted by Crippen LogP contribution is 2.47. The number of carbonyl (C=O) groups excluding carboxylic acids is 1. The zero-order valence-electron chi connectivity index (χ0n) is 14.8. The third-order valence-corrected chi connectivity index (χ3v) is 4.91. The molecule has 1 aliphatic rings. The van der Waals surface area contributed by atoms with Crippen molar-refractivity contribution in [2.45, 2.75) is 26.9 Å². The summed E-state index contributed by atoms with van der Waals surface area (Å²) in [5.41, 5.74) is -0.510. The van der Waals surface area contributed by atoms with Crippen LogP contribution in [0.2, 0.25) is 5.02 Å². The number of benzene rings is 1. The summed E-state index contributed by atoms with van der Waals surface area (Å²) in [4.78, 5) is 14.0. The topological polar surface area (TPSA) is 29.5 Å². The fourth-order valence-corrected chi connectivity index (χ4v) is 3.88. The Bertz CT molecular complexity index is 772. The van der Waals surface area contributed by atoms with Gasteiger partial charge in [0.25, 0.3) is 0 Å². The number of rotatable bonds is 5. The molecular weight excluding hydrogens is 387 g/mol. The second-order valence-electron chi connectivity index (χ2n) is 6.20. The van der Waals surface area contributed by atoms with Gasteiger partial charge in [0.1, 0.15) is 11.4 Å². The van der Waals surface area contributed by atoms with Gasteiger partial charge in [-0.05, 0) is 31.0 Å². The Balaban J connectivity index is 2.43. The minimum atomic E-state index is -4.49. The van der Waals surface area contributed by atoms with Gasteiger partial charge < -0.3 is 9.64 Å². The lowest BCUT2D eigenvalue weighted by molar-refractivity contribution is -0.108. The number of hydrogen-bond acceptors (Lipinski definition) is 4. The Morgan fingerprint density at radius 2 is 2.04 bits per heavy atom. The third-order valence-electron chi connectivity index (χ3n) is 3.62. The lowest BCUT2D eigenvalue weighted by Gasteiger charge is -2.26. The maximum Gasteiger partial charge on any atom is 0.432 e. The molecule has 0 aliphatic carbocycles. The number of thioether (sulfide) groups is 1. The molecule has 0 saturated carbocycles. The number of allylic oxidation sites excluding steroid dienone is 3. The Kier molecular flexibility index (Phi) is 6.34. The van der Waals surface area contributed by atoms with E-state index in [2.05, 4.69) is 0 Å². The Morgan fingerprint density at radius 1 is 1.38 bits per heavy atom. The quantitative estimate of drug-likeness (QED) is 0.452. The lowest BCUT2D eigenvalue weighted by Crippen LogP contribution is -2.31. The van der Waals surface area contributed by atoms with Crippen LogP contribution >= 0.6 is 23.4 Å². The molecule has 2 rings (SSSR count). The Labute approximate surface area is 159 Å². The monoisotopic (exact) mass is 405 g/mol. The first-order valence-corrected chi connectivity index (χ1v) is 9.07. The highest BCUT2D eigenvalue weighted by atomic mass is 35.5. The van der Waals surface area contributed by atoms with E-state index < -0.39 is 17.7 Å². The van der Waals surface area contributed by atoms with Gasteiger partial charge >= 0.3 is 6.18 Å². The summed E-state index contributed by atoms with van der Waals surface area (Å²) in [6.45, 7) is 5.22.